The Hall–Kier alpha value is -2.53. The number of hydrogen-bond acceptors (Lipinski definition) is 4. The Bertz CT molecular complexity index is 801. The summed E-state index contributed by atoms with van der Waals surface area (Å²) in [5.41, 5.74) is -0.281. The molecular weight excluding hydrogens is 288 g/mol. The predicted molar refractivity (Wildman–Crippen MR) is 66.1 cm³/mol. The van der Waals surface area contributed by atoms with E-state index in [1.807, 2.05) is 0 Å². The number of nitrogens with zero attached hydrogens (tertiary/aromatic N) is 2. The number of sulfonamides is 1. The Balaban J connectivity index is 2.42. The van der Waals surface area contributed by atoms with Crippen molar-refractivity contribution < 1.29 is 17.2 Å². The van der Waals surface area contributed by atoms with Crippen LogP contribution in [0.25, 0.3) is 0 Å². The highest BCUT2D eigenvalue weighted by Crippen LogP contribution is 2.20. The van der Waals surface area contributed by atoms with E-state index in [0.29, 0.717) is 0 Å². The van der Waals surface area contributed by atoms with Gasteiger partial charge < -0.3 is 0 Å². The minimum atomic E-state index is -4.11. The summed E-state index contributed by atoms with van der Waals surface area (Å²) < 4.78 is 52.0. The van der Waals surface area contributed by atoms with Crippen LogP contribution in [-0.2, 0) is 10.0 Å². The largest absolute Gasteiger partial charge is 0.278 e. The maximum atomic E-state index is 13.0. The zero-order valence-corrected chi connectivity index (χ0v) is 10.7. The van der Waals surface area contributed by atoms with Gasteiger partial charge in [0.15, 0.2) is 0 Å². The molecule has 0 atom stereocenters. The molecule has 2 rings (SSSR count). The highest BCUT2D eigenvalue weighted by molar-refractivity contribution is 7.92. The van der Waals surface area contributed by atoms with Crippen LogP contribution < -0.4 is 4.72 Å². The minimum absolute atomic E-state index is 0.0989. The van der Waals surface area contributed by atoms with E-state index >= 15 is 0 Å². The van der Waals surface area contributed by atoms with Crippen molar-refractivity contribution in [2.45, 2.75) is 4.90 Å². The molecule has 8 heteroatoms. The molecule has 0 aliphatic heterocycles. The van der Waals surface area contributed by atoms with E-state index in [1.54, 1.807) is 6.07 Å². The molecule has 0 radical (unpaired) electrons. The minimum Gasteiger partial charge on any atom is -0.278 e. The van der Waals surface area contributed by atoms with E-state index < -0.39 is 26.6 Å². The monoisotopic (exact) mass is 295 g/mol. The van der Waals surface area contributed by atoms with E-state index in [1.165, 1.54) is 0 Å². The van der Waals surface area contributed by atoms with Crippen LogP contribution in [0.5, 0.6) is 0 Å². The molecule has 0 saturated carbocycles. The maximum Gasteiger partial charge on any atom is 0.263 e. The number of nitriles is 1. The van der Waals surface area contributed by atoms with Crippen LogP contribution in [0.4, 0.5) is 14.5 Å². The van der Waals surface area contributed by atoms with Crippen molar-refractivity contribution in [2.75, 3.05) is 4.72 Å². The number of benzene rings is 1. The van der Waals surface area contributed by atoms with Crippen molar-refractivity contribution >= 4 is 15.7 Å². The maximum absolute atomic E-state index is 13.0. The molecular formula is C12H7F2N3O2S. The fraction of sp³-hybridized carbons (Fsp3) is 0. The molecule has 1 aromatic heterocycles. The second-order valence-corrected chi connectivity index (χ2v) is 5.43. The van der Waals surface area contributed by atoms with Gasteiger partial charge in [0.25, 0.3) is 10.0 Å². The van der Waals surface area contributed by atoms with E-state index in [4.69, 9.17) is 5.26 Å². The number of nitrogens with one attached hydrogen (secondary N) is 1. The van der Waals surface area contributed by atoms with Crippen molar-refractivity contribution in [2.24, 2.45) is 0 Å². The number of hydrogen-bond donors (Lipinski definition) is 1. The van der Waals surface area contributed by atoms with Crippen LogP contribution in [0.1, 0.15) is 5.56 Å². The lowest BCUT2D eigenvalue weighted by atomic mass is 10.2. The molecule has 0 aliphatic carbocycles. The fourth-order valence-electron chi connectivity index (χ4n) is 1.44. The topological polar surface area (TPSA) is 82.9 Å². The summed E-state index contributed by atoms with van der Waals surface area (Å²) in [6, 6.07) is 5.45. The SMILES string of the molecule is N#Cc1cc(F)ccc1NS(=O)(=O)c1cncc(F)c1. The molecule has 1 heterocycles. The van der Waals surface area contributed by atoms with E-state index in [9.17, 15) is 17.2 Å². The lowest BCUT2D eigenvalue weighted by Gasteiger charge is -2.09. The van der Waals surface area contributed by atoms with Gasteiger partial charge in [-0.1, -0.05) is 0 Å². The molecule has 5 nitrogen and oxygen atoms in total. The normalized spacial score (nSPS) is 10.8. The van der Waals surface area contributed by atoms with Gasteiger partial charge in [-0.05, 0) is 24.3 Å². The van der Waals surface area contributed by atoms with Gasteiger partial charge in [-0.2, -0.15) is 5.26 Å². The molecule has 0 spiro atoms. The summed E-state index contributed by atoms with van der Waals surface area (Å²) in [6.45, 7) is 0. The van der Waals surface area contributed by atoms with Crippen LogP contribution in [0.3, 0.4) is 0 Å². The second kappa shape index (κ2) is 5.22. The quantitative estimate of drug-likeness (QED) is 0.939. The Labute approximate surface area is 113 Å². The average molecular weight is 295 g/mol. The van der Waals surface area contributed by atoms with E-state index in [0.717, 1.165) is 36.7 Å². The van der Waals surface area contributed by atoms with Crippen molar-refractivity contribution in [3.8, 4) is 6.07 Å². The van der Waals surface area contributed by atoms with Gasteiger partial charge in [-0.25, -0.2) is 17.2 Å². The summed E-state index contributed by atoms with van der Waals surface area (Å²) in [7, 11) is -4.11. The summed E-state index contributed by atoms with van der Waals surface area (Å²) in [6.07, 6.45) is 1.82. The first kappa shape index (κ1) is 13.9. The molecule has 1 aromatic carbocycles. The number of anilines is 1. The van der Waals surface area contributed by atoms with Crippen LogP contribution in [-0.4, -0.2) is 13.4 Å². The van der Waals surface area contributed by atoms with Crippen LogP contribution in [0, 0.1) is 23.0 Å². The summed E-state index contributed by atoms with van der Waals surface area (Å²) in [5, 5.41) is 8.83. The molecule has 0 amide bonds. The first-order valence-corrected chi connectivity index (χ1v) is 6.74. The third-order valence-corrected chi connectivity index (χ3v) is 3.67. The molecule has 2 aromatic rings. The van der Waals surface area contributed by atoms with Gasteiger partial charge in [0.05, 0.1) is 17.4 Å². The van der Waals surface area contributed by atoms with Crippen molar-refractivity contribution in [3.05, 3.63) is 53.9 Å². The lowest BCUT2D eigenvalue weighted by molar-refractivity contribution is 0.592. The Morgan fingerprint density at radius 1 is 1.15 bits per heavy atom. The zero-order valence-electron chi connectivity index (χ0n) is 9.84. The van der Waals surface area contributed by atoms with E-state index in [2.05, 4.69) is 9.71 Å². The van der Waals surface area contributed by atoms with Gasteiger partial charge in [0, 0.05) is 6.20 Å². The van der Waals surface area contributed by atoms with Crippen molar-refractivity contribution in [3.63, 3.8) is 0 Å². The number of halogens is 2. The smallest absolute Gasteiger partial charge is 0.263 e. The van der Waals surface area contributed by atoms with Gasteiger partial charge in [0.1, 0.15) is 22.6 Å². The van der Waals surface area contributed by atoms with Gasteiger partial charge in [-0.15, -0.1) is 0 Å². The number of pyridine rings is 1. The lowest BCUT2D eigenvalue weighted by Crippen LogP contribution is -2.14. The zero-order chi connectivity index (χ0) is 14.8. The molecule has 0 fully saturated rings. The molecule has 20 heavy (non-hydrogen) atoms. The van der Waals surface area contributed by atoms with Crippen molar-refractivity contribution in [1.82, 2.24) is 4.98 Å². The molecule has 0 saturated heterocycles. The van der Waals surface area contributed by atoms with Gasteiger partial charge in [0.2, 0.25) is 0 Å². The third kappa shape index (κ3) is 2.89. The highest BCUT2D eigenvalue weighted by Gasteiger charge is 2.17. The van der Waals surface area contributed by atoms with Gasteiger partial charge >= 0.3 is 0 Å². The fourth-order valence-corrected chi connectivity index (χ4v) is 2.49. The molecule has 1 N–H and O–H groups in total. The van der Waals surface area contributed by atoms with Crippen LogP contribution in [0.2, 0.25) is 0 Å². The Morgan fingerprint density at radius 3 is 2.55 bits per heavy atom. The first-order chi connectivity index (χ1) is 9.42. The third-order valence-electron chi connectivity index (χ3n) is 2.34. The number of rotatable bonds is 3. The molecule has 102 valence electrons. The van der Waals surface area contributed by atoms with Crippen LogP contribution >= 0.6 is 0 Å². The second-order valence-electron chi connectivity index (χ2n) is 3.75. The van der Waals surface area contributed by atoms with Crippen LogP contribution in [0.15, 0.2) is 41.6 Å². The summed E-state index contributed by atoms with van der Waals surface area (Å²) >= 11 is 0. The Morgan fingerprint density at radius 2 is 1.90 bits per heavy atom. The first-order valence-electron chi connectivity index (χ1n) is 5.25. The Kier molecular flexibility index (Phi) is 3.63. The summed E-state index contributed by atoms with van der Waals surface area (Å²) in [4.78, 5) is 3.03. The van der Waals surface area contributed by atoms with Gasteiger partial charge in [-0.3, -0.25) is 9.71 Å². The molecule has 0 bridgehead atoms. The highest BCUT2D eigenvalue weighted by atomic mass is 32.2. The standard InChI is InChI=1S/C12H7F2N3O2S/c13-9-1-2-12(8(3-9)5-15)17-20(18,19)11-4-10(14)6-16-7-11/h1-4,6-7,17H. The van der Waals surface area contributed by atoms with Crippen molar-refractivity contribution in [1.29, 1.82) is 5.26 Å². The molecule has 0 aliphatic rings. The molecule has 0 unspecified atom stereocenters. The predicted octanol–water partition coefficient (Wildman–Crippen LogP) is 2.03. The summed E-state index contributed by atoms with van der Waals surface area (Å²) in [5.74, 6) is -1.48. The van der Waals surface area contributed by atoms with E-state index in [-0.39, 0.29) is 11.3 Å². The number of aromatic nitrogens is 1. The average Bonchev–Trinajstić information content (AvgIpc) is 2.40.